The van der Waals surface area contributed by atoms with Crippen molar-refractivity contribution < 1.29 is 17.9 Å². The minimum atomic E-state index is -4.05. The van der Waals surface area contributed by atoms with E-state index in [1.54, 1.807) is 43.5 Å². The van der Waals surface area contributed by atoms with Crippen LogP contribution < -0.4 is 14.4 Å². The van der Waals surface area contributed by atoms with Crippen LogP contribution >= 0.6 is 11.6 Å². The van der Waals surface area contributed by atoms with Crippen molar-refractivity contribution >= 4 is 33.2 Å². The number of benzene rings is 3. The maximum Gasteiger partial charge on any atom is 0.264 e. The first-order chi connectivity index (χ1) is 16.9. The maximum atomic E-state index is 13.6. The summed E-state index contributed by atoms with van der Waals surface area (Å²) in [6, 6.07) is 16.7. The first-order valence-electron chi connectivity index (χ1n) is 11.8. The van der Waals surface area contributed by atoms with E-state index < -0.39 is 22.5 Å². The van der Waals surface area contributed by atoms with Gasteiger partial charge in [0.25, 0.3) is 10.0 Å². The number of halogens is 1. The van der Waals surface area contributed by atoms with Crippen LogP contribution in [-0.2, 0) is 14.8 Å². The Morgan fingerprint density at radius 2 is 1.64 bits per heavy atom. The molecule has 6 nitrogen and oxygen atoms in total. The van der Waals surface area contributed by atoms with E-state index >= 15 is 0 Å². The predicted molar refractivity (Wildman–Crippen MR) is 146 cm³/mol. The normalized spacial score (nSPS) is 12.3. The van der Waals surface area contributed by atoms with Crippen LogP contribution in [0.25, 0.3) is 0 Å². The Morgan fingerprint density at radius 3 is 2.22 bits per heavy atom. The van der Waals surface area contributed by atoms with Gasteiger partial charge in [-0.15, -0.1) is 0 Å². The van der Waals surface area contributed by atoms with E-state index in [-0.39, 0.29) is 27.6 Å². The molecular weight excluding hydrogens is 496 g/mol. The third-order valence-electron chi connectivity index (χ3n) is 6.10. The Balaban J connectivity index is 1.93. The fourth-order valence-electron chi connectivity index (χ4n) is 4.10. The number of amides is 1. The van der Waals surface area contributed by atoms with E-state index in [1.807, 2.05) is 32.9 Å². The highest BCUT2D eigenvalue weighted by Crippen LogP contribution is 2.33. The molecule has 0 fully saturated rings. The molecule has 0 saturated carbocycles. The van der Waals surface area contributed by atoms with Crippen molar-refractivity contribution in [2.24, 2.45) is 0 Å². The van der Waals surface area contributed by atoms with E-state index in [1.165, 1.54) is 12.1 Å². The summed E-state index contributed by atoms with van der Waals surface area (Å²) in [4.78, 5) is 13.3. The zero-order valence-electron chi connectivity index (χ0n) is 21.5. The lowest BCUT2D eigenvalue weighted by molar-refractivity contribution is -0.120. The topological polar surface area (TPSA) is 75.7 Å². The summed E-state index contributed by atoms with van der Waals surface area (Å²) < 4.78 is 33.8. The zero-order valence-corrected chi connectivity index (χ0v) is 23.1. The molecule has 0 radical (unpaired) electrons. The molecule has 0 aliphatic heterocycles. The van der Waals surface area contributed by atoms with Crippen LogP contribution in [0, 0.1) is 13.8 Å². The summed E-state index contributed by atoms with van der Waals surface area (Å²) in [5.74, 6) is 0.593. The third kappa shape index (κ3) is 6.02. The number of para-hydroxylation sites is 1. The number of nitrogens with one attached hydrogen (secondary N) is 1. The smallest absolute Gasteiger partial charge is 0.264 e. The molecular formula is C28H33ClN2O4S. The Labute approximate surface area is 219 Å². The molecule has 1 atom stereocenters. The van der Waals surface area contributed by atoms with Crippen LogP contribution in [0.4, 0.5) is 5.69 Å². The van der Waals surface area contributed by atoms with Crippen LogP contribution in [0.5, 0.6) is 5.75 Å². The molecule has 0 aliphatic rings. The average Bonchev–Trinajstić information content (AvgIpc) is 2.82. The van der Waals surface area contributed by atoms with Gasteiger partial charge in [-0.05, 0) is 79.8 Å². The lowest BCUT2D eigenvalue weighted by atomic mass is 9.93. The van der Waals surface area contributed by atoms with Crippen molar-refractivity contribution in [2.45, 2.75) is 51.5 Å². The predicted octanol–water partition coefficient (Wildman–Crippen LogP) is 6.16. The number of carbonyl (C=O) groups is 1. The molecule has 0 aromatic heterocycles. The number of rotatable bonds is 9. The molecule has 36 heavy (non-hydrogen) atoms. The van der Waals surface area contributed by atoms with Crippen LogP contribution in [0.3, 0.4) is 0 Å². The Bertz CT molecular complexity index is 1340. The van der Waals surface area contributed by atoms with Crippen LogP contribution in [0.1, 0.15) is 55.0 Å². The van der Waals surface area contributed by atoms with Gasteiger partial charge < -0.3 is 10.1 Å². The quantitative estimate of drug-likeness (QED) is 0.361. The number of nitrogens with zero attached hydrogens (tertiary/aromatic N) is 1. The number of hydrogen-bond donors (Lipinski definition) is 1. The van der Waals surface area contributed by atoms with Crippen LogP contribution in [0.2, 0.25) is 5.02 Å². The number of aryl methyl sites for hydroxylation is 2. The minimum absolute atomic E-state index is 0.0847. The van der Waals surface area contributed by atoms with Gasteiger partial charge in [0.2, 0.25) is 5.91 Å². The first-order valence-corrected chi connectivity index (χ1v) is 13.6. The molecule has 3 aromatic rings. The van der Waals surface area contributed by atoms with E-state index in [9.17, 15) is 13.2 Å². The largest absolute Gasteiger partial charge is 0.496 e. The van der Waals surface area contributed by atoms with Gasteiger partial charge in [0.1, 0.15) is 12.3 Å². The molecule has 0 spiro atoms. The molecule has 8 heteroatoms. The van der Waals surface area contributed by atoms with Crippen molar-refractivity contribution in [3.05, 3.63) is 87.9 Å². The zero-order chi connectivity index (χ0) is 26.6. The van der Waals surface area contributed by atoms with Gasteiger partial charge in [0.05, 0.1) is 28.8 Å². The highest BCUT2D eigenvalue weighted by molar-refractivity contribution is 7.92. The number of methoxy groups -OCH3 is 1. The Kier molecular flexibility index (Phi) is 8.69. The summed E-state index contributed by atoms with van der Waals surface area (Å²) in [7, 11) is -2.41. The highest BCUT2D eigenvalue weighted by Gasteiger charge is 2.29. The van der Waals surface area contributed by atoms with Crippen molar-refractivity contribution in [1.29, 1.82) is 0 Å². The van der Waals surface area contributed by atoms with Crippen LogP contribution in [0.15, 0.2) is 65.6 Å². The number of carbonyl (C=O) groups excluding carboxylic acids is 1. The van der Waals surface area contributed by atoms with Gasteiger partial charge in [-0.2, -0.15) is 0 Å². The van der Waals surface area contributed by atoms with Crippen molar-refractivity contribution in [3.8, 4) is 5.75 Å². The summed E-state index contributed by atoms with van der Waals surface area (Å²) in [5, 5.41) is 3.20. The SMILES string of the molecule is COc1cc(C)c(C(C)NC(=O)CN(c2ccccc2Cl)S(=O)(=O)c2ccc(C)cc2)cc1C(C)C. The van der Waals surface area contributed by atoms with Gasteiger partial charge in [-0.1, -0.05) is 55.3 Å². The molecule has 0 saturated heterocycles. The highest BCUT2D eigenvalue weighted by atomic mass is 35.5. The molecule has 192 valence electrons. The Morgan fingerprint density at radius 1 is 1.00 bits per heavy atom. The molecule has 3 rings (SSSR count). The molecule has 0 heterocycles. The minimum Gasteiger partial charge on any atom is -0.496 e. The summed E-state index contributed by atoms with van der Waals surface area (Å²) >= 11 is 6.37. The molecule has 0 bridgehead atoms. The lowest BCUT2D eigenvalue weighted by Crippen LogP contribution is -2.41. The van der Waals surface area contributed by atoms with Gasteiger partial charge in [0.15, 0.2) is 0 Å². The number of ether oxygens (including phenoxy) is 1. The second-order valence-corrected chi connectivity index (χ2v) is 11.4. The monoisotopic (exact) mass is 528 g/mol. The number of sulfonamides is 1. The summed E-state index contributed by atoms with van der Waals surface area (Å²) in [6.45, 7) is 9.46. The average molecular weight is 529 g/mol. The first kappa shape index (κ1) is 27.6. The molecule has 1 amide bonds. The number of hydrogen-bond acceptors (Lipinski definition) is 4. The lowest BCUT2D eigenvalue weighted by Gasteiger charge is -2.26. The van der Waals surface area contributed by atoms with E-state index in [2.05, 4.69) is 19.2 Å². The summed E-state index contributed by atoms with van der Waals surface area (Å²) in [5.41, 5.74) is 4.13. The fraction of sp³-hybridized carbons (Fsp3) is 0.321. The van der Waals surface area contributed by atoms with Gasteiger partial charge in [-0.25, -0.2) is 8.42 Å². The van der Waals surface area contributed by atoms with Crippen molar-refractivity contribution in [2.75, 3.05) is 18.0 Å². The fourth-order valence-corrected chi connectivity index (χ4v) is 5.82. The molecule has 1 N–H and O–H groups in total. The second-order valence-electron chi connectivity index (χ2n) is 9.17. The van der Waals surface area contributed by atoms with Gasteiger partial charge in [0, 0.05) is 0 Å². The molecule has 3 aromatic carbocycles. The van der Waals surface area contributed by atoms with Gasteiger partial charge in [-0.3, -0.25) is 9.10 Å². The Hall–Kier alpha value is -3.03. The van der Waals surface area contributed by atoms with E-state index in [0.717, 1.165) is 32.3 Å². The second kappa shape index (κ2) is 11.4. The van der Waals surface area contributed by atoms with Gasteiger partial charge >= 0.3 is 0 Å². The molecule has 0 aliphatic carbocycles. The maximum absolute atomic E-state index is 13.6. The van der Waals surface area contributed by atoms with Crippen molar-refractivity contribution in [1.82, 2.24) is 5.32 Å². The molecule has 1 unspecified atom stereocenters. The van der Waals surface area contributed by atoms with E-state index in [0.29, 0.717) is 0 Å². The third-order valence-corrected chi connectivity index (χ3v) is 8.20. The number of anilines is 1. The van der Waals surface area contributed by atoms with Crippen molar-refractivity contribution in [3.63, 3.8) is 0 Å². The standard InChI is InChI=1S/C28H33ClN2O4S/c1-18(2)23-16-24(20(4)15-27(23)35-6)21(5)30-28(32)17-31(26-10-8-7-9-25(26)29)36(33,34)22-13-11-19(3)12-14-22/h7-16,18,21H,17H2,1-6H3,(H,30,32). The van der Waals surface area contributed by atoms with Crippen LogP contribution in [-0.4, -0.2) is 28.0 Å². The summed E-state index contributed by atoms with van der Waals surface area (Å²) in [6.07, 6.45) is 0. The van der Waals surface area contributed by atoms with E-state index in [4.69, 9.17) is 16.3 Å².